The van der Waals surface area contributed by atoms with E-state index in [0.717, 1.165) is 6.42 Å². The molecule has 0 radical (unpaired) electrons. The summed E-state index contributed by atoms with van der Waals surface area (Å²) in [7, 11) is 0. The summed E-state index contributed by atoms with van der Waals surface area (Å²) in [4.78, 5) is 11.6. The maximum absolute atomic E-state index is 11.6. The fourth-order valence-corrected chi connectivity index (χ4v) is 2.96. The number of ketones is 1. The fraction of sp³-hybridized carbons (Fsp3) is 0.933. The minimum Gasteiger partial charge on any atom is -0.370 e. The Kier molecular flexibility index (Phi) is 5.18. The number of carbonyl (C=O) groups excluding carboxylic acids is 1. The summed E-state index contributed by atoms with van der Waals surface area (Å²) >= 11 is 0. The second kappa shape index (κ2) is 5.99. The van der Waals surface area contributed by atoms with E-state index in [1.54, 1.807) is 0 Å². The predicted molar refractivity (Wildman–Crippen MR) is 71.0 cm³/mol. The van der Waals surface area contributed by atoms with Crippen molar-refractivity contribution in [1.29, 1.82) is 0 Å². The average molecular weight is 240 g/mol. The molecular weight excluding hydrogens is 212 g/mol. The highest BCUT2D eigenvalue weighted by Crippen LogP contribution is 2.44. The first kappa shape index (κ1) is 14.7. The quantitative estimate of drug-likeness (QED) is 0.730. The van der Waals surface area contributed by atoms with E-state index >= 15 is 0 Å². The Bertz CT molecular complexity index is 258. The number of ether oxygens (including phenoxy) is 1. The molecule has 0 spiro atoms. The Hall–Kier alpha value is -0.370. The molecule has 1 saturated carbocycles. The van der Waals surface area contributed by atoms with Crippen LogP contribution in [-0.4, -0.2) is 18.5 Å². The lowest BCUT2D eigenvalue weighted by Crippen LogP contribution is -2.46. The van der Waals surface area contributed by atoms with E-state index in [2.05, 4.69) is 27.7 Å². The lowest BCUT2D eigenvalue weighted by atomic mass is 9.64. The summed E-state index contributed by atoms with van der Waals surface area (Å²) in [6.07, 6.45) is 4.29. The first-order valence-electron chi connectivity index (χ1n) is 7.02. The zero-order valence-electron chi connectivity index (χ0n) is 12.1. The van der Waals surface area contributed by atoms with Crippen LogP contribution in [-0.2, 0) is 9.53 Å². The maximum atomic E-state index is 11.6. The van der Waals surface area contributed by atoms with Crippen molar-refractivity contribution >= 4 is 5.78 Å². The van der Waals surface area contributed by atoms with Crippen LogP contribution in [0.25, 0.3) is 0 Å². The van der Waals surface area contributed by atoms with E-state index in [9.17, 15) is 4.79 Å². The zero-order chi connectivity index (χ0) is 13.1. The van der Waals surface area contributed by atoms with Crippen molar-refractivity contribution in [1.82, 2.24) is 0 Å². The van der Waals surface area contributed by atoms with E-state index in [1.807, 2.05) is 6.92 Å². The van der Waals surface area contributed by atoms with Gasteiger partial charge in [0, 0.05) is 6.42 Å². The van der Waals surface area contributed by atoms with Crippen LogP contribution in [0.2, 0.25) is 0 Å². The minimum atomic E-state index is 0.185. The highest BCUT2D eigenvalue weighted by Gasteiger charge is 2.42. The SMILES string of the molecule is CCCC(=O)COC1C(C)CCC(C)C1(C)C. The van der Waals surface area contributed by atoms with Gasteiger partial charge in [-0.1, -0.05) is 34.6 Å². The molecule has 100 valence electrons. The van der Waals surface area contributed by atoms with Gasteiger partial charge in [-0.15, -0.1) is 0 Å². The van der Waals surface area contributed by atoms with Gasteiger partial charge in [0.25, 0.3) is 0 Å². The molecule has 0 bridgehead atoms. The smallest absolute Gasteiger partial charge is 0.158 e. The summed E-state index contributed by atoms with van der Waals surface area (Å²) < 4.78 is 5.95. The first-order valence-corrected chi connectivity index (χ1v) is 7.02. The predicted octanol–water partition coefficient (Wildman–Crippen LogP) is 3.83. The molecule has 1 rings (SSSR count). The molecule has 0 aromatic heterocycles. The molecule has 0 aliphatic heterocycles. The molecule has 0 N–H and O–H groups in total. The minimum absolute atomic E-state index is 0.185. The highest BCUT2D eigenvalue weighted by atomic mass is 16.5. The summed E-state index contributed by atoms with van der Waals surface area (Å²) in [6, 6.07) is 0. The maximum Gasteiger partial charge on any atom is 0.158 e. The van der Waals surface area contributed by atoms with Gasteiger partial charge in [-0.3, -0.25) is 4.79 Å². The van der Waals surface area contributed by atoms with Crippen LogP contribution >= 0.6 is 0 Å². The van der Waals surface area contributed by atoms with Crippen LogP contribution in [0.4, 0.5) is 0 Å². The lowest BCUT2D eigenvalue weighted by Gasteiger charge is -2.46. The second-order valence-electron chi connectivity index (χ2n) is 6.30. The molecule has 3 unspecified atom stereocenters. The van der Waals surface area contributed by atoms with Gasteiger partial charge < -0.3 is 4.74 Å². The summed E-state index contributed by atoms with van der Waals surface area (Å²) in [6.45, 7) is 11.5. The molecule has 1 aliphatic carbocycles. The van der Waals surface area contributed by atoms with Gasteiger partial charge in [0.05, 0.1) is 6.10 Å². The Balaban J connectivity index is 2.57. The second-order valence-corrected chi connectivity index (χ2v) is 6.30. The number of hydrogen-bond donors (Lipinski definition) is 0. The van der Waals surface area contributed by atoms with Crippen molar-refractivity contribution in [3.63, 3.8) is 0 Å². The molecule has 1 aliphatic rings. The number of carbonyl (C=O) groups is 1. The summed E-state index contributed by atoms with van der Waals surface area (Å²) in [5, 5.41) is 0. The van der Waals surface area contributed by atoms with E-state index in [-0.39, 0.29) is 17.3 Å². The molecule has 2 nitrogen and oxygen atoms in total. The summed E-state index contributed by atoms with van der Waals surface area (Å²) in [5.41, 5.74) is 0.185. The third-order valence-electron chi connectivity index (χ3n) is 4.53. The number of hydrogen-bond acceptors (Lipinski definition) is 2. The first-order chi connectivity index (χ1) is 7.89. The molecule has 0 aromatic rings. The molecule has 0 heterocycles. The number of rotatable bonds is 5. The third kappa shape index (κ3) is 3.54. The van der Waals surface area contributed by atoms with Gasteiger partial charge in [-0.05, 0) is 36.5 Å². The lowest BCUT2D eigenvalue weighted by molar-refractivity contribution is -0.138. The Morgan fingerprint density at radius 3 is 2.53 bits per heavy atom. The van der Waals surface area contributed by atoms with Crippen molar-refractivity contribution in [3.05, 3.63) is 0 Å². The van der Waals surface area contributed by atoms with Gasteiger partial charge in [0.2, 0.25) is 0 Å². The van der Waals surface area contributed by atoms with Crippen molar-refractivity contribution in [2.45, 2.75) is 66.4 Å². The monoisotopic (exact) mass is 240 g/mol. The van der Waals surface area contributed by atoms with E-state index < -0.39 is 0 Å². The van der Waals surface area contributed by atoms with E-state index in [0.29, 0.717) is 24.9 Å². The fourth-order valence-electron chi connectivity index (χ4n) is 2.96. The summed E-state index contributed by atoms with van der Waals surface area (Å²) in [5.74, 6) is 1.48. The molecule has 1 fully saturated rings. The standard InChI is InChI=1S/C15H28O2/c1-6-7-13(16)10-17-14-11(2)8-9-12(3)15(14,4)5/h11-12,14H,6-10H2,1-5H3. The van der Waals surface area contributed by atoms with E-state index in [1.165, 1.54) is 12.8 Å². The van der Waals surface area contributed by atoms with Gasteiger partial charge >= 0.3 is 0 Å². The molecule has 17 heavy (non-hydrogen) atoms. The molecule has 3 atom stereocenters. The normalized spacial score (nSPS) is 32.4. The van der Waals surface area contributed by atoms with Crippen molar-refractivity contribution in [3.8, 4) is 0 Å². The molecule has 2 heteroatoms. The van der Waals surface area contributed by atoms with Crippen LogP contribution in [0.1, 0.15) is 60.3 Å². The van der Waals surface area contributed by atoms with Crippen molar-refractivity contribution < 1.29 is 9.53 Å². The Morgan fingerprint density at radius 1 is 1.29 bits per heavy atom. The zero-order valence-corrected chi connectivity index (χ0v) is 12.1. The largest absolute Gasteiger partial charge is 0.370 e. The molecule has 0 aromatic carbocycles. The van der Waals surface area contributed by atoms with Crippen LogP contribution in [0.5, 0.6) is 0 Å². The van der Waals surface area contributed by atoms with Crippen LogP contribution < -0.4 is 0 Å². The van der Waals surface area contributed by atoms with Gasteiger partial charge in [-0.25, -0.2) is 0 Å². The third-order valence-corrected chi connectivity index (χ3v) is 4.53. The van der Waals surface area contributed by atoms with Gasteiger partial charge in [0.1, 0.15) is 6.61 Å². The Labute approximate surface area is 106 Å². The van der Waals surface area contributed by atoms with Crippen molar-refractivity contribution in [2.24, 2.45) is 17.3 Å². The van der Waals surface area contributed by atoms with Gasteiger partial charge in [-0.2, -0.15) is 0 Å². The topological polar surface area (TPSA) is 26.3 Å². The molecule has 0 saturated heterocycles. The van der Waals surface area contributed by atoms with Crippen molar-refractivity contribution in [2.75, 3.05) is 6.61 Å². The highest BCUT2D eigenvalue weighted by molar-refractivity contribution is 5.79. The van der Waals surface area contributed by atoms with Crippen LogP contribution in [0.3, 0.4) is 0 Å². The van der Waals surface area contributed by atoms with Crippen LogP contribution in [0, 0.1) is 17.3 Å². The average Bonchev–Trinajstić information content (AvgIpc) is 2.24. The van der Waals surface area contributed by atoms with E-state index in [4.69, 9.17) is 4.74 Å². The van der Waals surface area contributed by atoms with Gasteiger partial charge in [0.15, 0.2) is 5.78 Å². The number of Topliss-reactive ketones (excluding diaryl/α,β-unsaturated/α-hetero) is 1. The molecule has 0 amide bonds. The van der Waals surface area contributed by atoms with Crippen LogP contribution in [0.15, 0.2) is 0 Å². The Morgan fingerprint density at radius 2 is 1.94 bits per heavy atom. The molecular formula is C15H28O2.